The van der Waals surface area contributed by atoms with Crippen LogP contribution in [0.3, 0.4) is 0 Å². The Morgan fingerprint density at radius 2 is 2.07 bits per heavy atom. The molecule has 7 nitrogen and oxygen atoms in total. The molecule has 0 saturated carbocycles. The molecule has 0 spiro atoms. The highest BCUT2D eigenvalue weighted by atomic mass is 32.2. The van der Waals surface area contributed by atoms with Crippen molar-refractivity contribution >= 4 is 45.2 Å². The van der Waals surface area contributed by atoms with Gasteiger partial charge in [-0.05, 0) is 19.1 Å². The van der Waals surface area contributed by atoms with E-state index in [9.17, 15) is 4.79 Å². The van der Waals surface area contributed by atoms with Crippen LogP contribution in [0.5, 0.6) is 0 Å². The van der Waals surface area contributed by atoms with Gasteiger partial charge in [0.2, 0.25) is 5.91 Å². The molecule has 3 aromatic heterocycles. The van der Waals surface area contributed by atoms with E-state index in [1.54, 1.807) is 36.1 Å². The van der Waals surface area contributed by atoms with Gasteiger partial charge in [-0.25, -0.2) is 19.6 Å². The van der Waals surface area contributed by atoms with Gasteiger partial charge < -0.3 is 0 Å². The molecule has 0 aliphatic heterocycles. The lowest BCUT2D eigenvalue weighted by Crippen LogP contribution is -2.27. The van der Waals surface area contributed by atoms with Gasteiger partial charge >= 0.3 is 0 Å². The monoisotopic (exact) mass is 410 g/mol. The fraction of sp³-hybridized carbons (Fsp3) is 0.211. The second-order valence-electron chi connectivity index (χ2n) is 5.98. The second kappa shape index (κ2) is 8.07. The molecule has 0 radical (unpaired) electrons. The minimum Gasteiger partial charge on any atom is -0.289 e. The molecule has 1 aromatic carbocycles. The average molecular weight is 411 g/mol. The van der Waals surface area contributed by atoms with Crippen LogP contribution in [-0.2, 0) is 10.5 Å². The number of aromatic nitrogens is 5. The van der Waals surface area contributed by atoms with Crippen molar-refractivity contribution in [2.24, 2.45) is 0 Å². The lowest BCUT2D eigenvalue weighted by molar-refractivity contribution is -0.116. The molecule has 0 bridgehead atoms. The summed E-state index contributed by atoms with van der Waals surface area (Å²) >= 11 is 3.07. The quantitative estimate of drug-likeness (QED) is 0.354. The number of hydrogen-bond donors (Lipinski definition) is 0. The van der Waals surface area contributed by atoms with Gasteiger partial charge in [-0.3, -0.25) is 9.69 Å². The maximum Gasteiger partial charge on any atom is 0.225 e. The summed E-state index contributed by atoms with van der Waals surface area (Å²) in [6, 6.07) is 9.90. The Morgan fingerprint density at radius 3 is 2.82 bits per heavy atom. The number of carbonyl (C=O) groups excluding carboxylic acids is 1. The van der Waals surface area contributed by atoms with Crippen LogP contribution in [0.4, 0.5) is 5.13 Å². The molecular weight excluding hydrogens is 392 g/mol. The Hall–Kier alpha value is -2.78. The van der Waals surface area contributed by atoms with E-state index < -0.39 is 0 Å². The van der Waals surface area contributed by atoms with Crippen molar-refractivity contribution in [3.63, 3.8) is 0 Å². The van der Waals surface area contributed by atoms with Crippen molar-refractivity contribution in [1.29, 1.82) is 0 Å². The number of amides is 1. The number of benzene rings is 1. The van der Waals surface area contributed by atoms with Crippen molar-refractivity contribution in [2.75, 3.05) is 11.4 Å². The van der Waals surface area contributed by atoms with Gasteiger partial charge in [-0.1, -0.05) is 30.0 Å². The van der Waals surface area contributed by atoms with E-state index >= 15 is 0 Å². The number of fused-ring (bicyclic) bond motifs is 1. The summed E-state index contributed by atoms with van der Waals surface area (Å²) < 4.78 is 1.81. The predicted octanol–water partition coefficient (Wildman–Crippen LogP) is 3.94. The fourth-order valence-corrected chi connectivity index (χ4v) is 4.71. The smallest absolute Gasteiger partial charge is 0.225 e. The first kappa shape index (κ1) is 18.6. The number of rotatable bonds is 6. The van der Waals surface area contributed by atoms with Crippen molar-refractivity contribution in [1.82, 2.24) is 24.7 Å². The molecule has 9 heteroatoms. The minimum absolute atomic E-state index is 0.00175. The normalized spacial score (nSPS) is 11.1. The highest BCUT2D eigenvalue weighted by molar-refractivity contribution is 7.98. The van der Waals surface area contributed by atoms with Crippen LogP contribution >= 0.6 is 23.1 Å². The highest BCUT2D eigenvalue weighted by Gasteiger charge is 2.15. The van der Waals surface area contributed by atoms with Crippen LogP contribution in [0, 0.1) is 0 Å². The molecule has 4 rings (SSSR count). The molecule has 0 unspecified atom stereocenters. The van der Waals surface area contributed by atoms with E-state index in [1.807, 2.05) is 47.3 Å². The van der Waals surface area contributed by atoms with Crippen LogP contribution in [0.1, 0.15) is 19.5 Å². The van der Waals surface area contributed by atoms with Crippen molar-refractivity contribution in [3.8, 4) is 5.69 Å². The van der Waals surface area contributed by atoms with Gasteiger partial charge in [-0.2, -0.15) is 5.10 Å². The lowest BCUT2D eigenvalue weighted by atomic mass is 10.3. The van der Waals surface area contributed by atoms with Gasteiger partial charge in [-0.15, -0.1) is 11.3 Å². The standard InChI is InChI=1S/C19H18N6OS2/c1-3-24(13(2)26)19-23-14(11-28-19)10-27-18-16-9-22-25(17(16)20-12-21-18)15-7-5-4-6-8-15/h4-9,11-12H,3,10H2,1-2H3. The molecule has 142 valence electrons. The molecule has 0 aliphatic carbocycles. The summed E-state index contributed by atoms with van der Waals surface area (Å²) in [6.07, 6.45) is 3.36. The summed E-state index contributed by atoms with van der Waals surface area (Å²) in [5.74, 6) is 0.663. The molecule has 0 fully saturated rings. The van der Waals surface area contributed by atoms with Crippen LogP contribution in [0.2, 0.25) is 0 Å². The fourth-order valence-electron chi connectivity index (χ4n) is 2.82. The third-order valence-corrected chi connectivity index (χ3v) is 6.10. The van der Waals surface area contributed by atoms with Crippen LogP contribution in [-0.4, -0.2) is 37.2 Å². The summed E-state index contributed by atoms with van der Waals surface area (Å²) in [7, 11) is 0. The van der Waals surface area contributed by atoms with E-state index in [1.165, 1.54) is 11.3 Å². The summed E-state index contributed by atoms with van der Waals surface area (Å²) in [6.45, 7) is 4.11. The zero-order valence-electron chi connectivity index (χ0n) is 15.4. The summed E-state index contributed by atoms with van der Waals surface area (Å²) in [5.41, 5.74) is 2.66. The van der Waals surface area contributed by atoms with E-state index in [0.29, 0.717) is 12.3 Å². The lowest BCUT2D eigenvalue weighted by Gasteiger charge is -2.14. The van der Waals surface area contributed by atoms with Crippen LogP contribution in [0.15, 0.2) is 53.3 Å². The van der Waals surface area contributed by atoms with Gasteiger partial charge in [0, 0.05) is 24.6 Å². The molecular formula is C19H18N6OS2. The highest BCUT2D eigenvalue weighted by Crippen LogP contribution is 2.30. The summed E-state index contributed by atoms with van der Waals surface area (Å²) in [5, 5.41) is 8.97. The van der Waals surface area contributed by atoms with Crippen LogP contribution < -0.4 is 4.90 Å². The molecule has 4 aromatic rings. The van der Waals surface area contributed by atoms with Gasteiger partial charge in [0.05, 0.1) is 23.0 Å². The summed E-state index contributed by atoms with van der Waals surface area (Å²) in [4.78, 5) is 26.8. The molecule has 1 amide bonds. The van der Waals surface area contributed by atoms with Gasteiger partial charge in [0.25, 0.3) is 0 Å². The first-order valence-corrected chi connectivity index (χ1v) is 10.6. The SMILES string of the molecule is CCN(C(C)=O)c1nc(CSc2ncnc3c2cnn3-c2ccccc2)cs1. The average Bonchev–Trinajstić information content (AvgIpc) is 3.35. The van der Waals surface area contributed by atoms with E-state index in [4.69, 9.17) is 0 Å². The number of thioether (sulfide) groups is 1. The van der Waals surface area contributed by atoms with Gasteiger partial charge in [0.1, 0.15) is 11.4 Å². The number of nitrogens with zero attached hydrogens (tertiary/aromatic N) is 6. The number of thiazole rings is 1. The molecule has 3 heterocycles. The Balaban J connectivity index is 1.56. The van der Waals surface area contributed by atoms with Gasteiger partial charge in [0.15, 0.2) is 10.8 Å². The first-order valence-electron chi connectivity index (χ1n) is 8.77. The molecule has 0 saturated heterocycles. The van der Waals surface area contributed by atoms with E-state index in [0.717, 1.165) is 32.6 Å². The number of hydrogen-bond acceptors (Lipinski definition) is 7. The molecule has 28 heavy (non-hydrogen) atoms. The molecule has 0 atom stereocenters. The molecule has 0 aliphatic rings. The largest absolute Gasteiger partial charge is 0.289 e. The Bertz CT molecular complexity index is 1110. The van der Waals surface area contributed by atoms with Crippen LogP contribution in [0.25, 0.3) is 16.7 Å². The second-order valence-corrected chi connectivity index (χ2v) is 7.78. The van der Waals surface area contributed by atoms with E-state index in [2.05, 4.69) is 20.1 Å². The maximum atomic E-state index is 11.7. The zero-order valence-corrected chi connectivity index (χ0v) is 17.1. The Morgan fingerprint density at radius 1 is 1.25 bits per heavy atom. The van der Waals surface area contributed by atoms with Crippen molar-refractivity contribution in [2.45, 2.75) is 24.6 Å². The Labute approximate surface area is 170 Å². The Kier molecular flexibility index (Phi) is 5.36. The minimum atomic E-state index is 0.00175. The third kappa shape index (κ3) is 3.63. The number of anilines is 1. The predicted molar refractivity (Wildman–Crippen MR) is 112 cm³/mol. The zero-order chi connectivity index (χ0) is 19.5. The van der Waals surface area contributed by atoms with E-state index in [-0.39, 0.29) is 5.91 Å². The molecule has 0 N–H and O–H groups in total. The first-order chi connectivity index (χ1) is 13.7. The third-order valence-electron chi connectivity index (χ3n) is 4.15. The van der Waals surface area contributed by atoms with Crippen molar-refractivity contribution in [3.05, 3.63) is 53.9 Å². The number of para-hydroxylation sites is 1. The maximum absolute atomic E-state index is 11.7. The van der Waals surface area contributed by atoms with Crippen molar-refractivity contribution < 1.29 is 4.79 Å². The topological polar surface area (TPSA) is 76.8 Å². The number of carbonyl (C=O) groups is 1.